The number of ether oxygens (including phenoxy) is 1. The topological polar surface area (TPSA) is 48.1 Å². The molecular weight excluding hydrogens is 212 g/mol. The Hall–Kier alpha value is -0.800. The third-order valence-electron chi connectivity index (χ3n) is 2.85. The molecule has 1 aliphatic rings. The molecular formula is C11H15ClN2O. The molecule has 1 saturated carbocycles. The predicted octanol–water partition coefficient (Wildman–Crippen LogP) is 2.39. The predicted molar refractivity (Wildman–Crippen MR) is 60.1 cm³/mol. The maximum absolute atomic E-state index is 6.17. The molecule has 1 aromatic rings. The standard InChI is InChI=1S/C11H15ClN2O/c12-9-7-14-6-3-10(9)15-8-11(13)4-1-2-5-11/h3,6-7H,1-2,4-5,8,13H2. The summed E-state index contributed by atoms with van der Waals surface area (Å²) in [5, 5.41) is 0.541. The van der Waals surface area contributed by atoms with Crippen molar-refractivity contribution in [3.05, 3.63) is 23.5 Å². The van der Waals surface area contributed by atoms with Crippen LogP contribution in [-0.2, 0) is 0 Å². The van der Waals surface area contributed by atoms with E-state index < -0.39 is 0 Å². The molecule has 4 heteroatoms. The first-order valence-electron chi connectivity index (χ1n) is 5.21. The Labute approximate surface area is 94.6 Å². The van der Waals surface area contributed by atoms with Gasteiger partial charge in [0.25, 0.3) is 0 Å². The molecule has 0 radical (unpaired) electrons. The molecule has 0 saturated heterocycles. The molecule has 0 amide bonds. The zero-order valence-corrected chi connectivity index (χ0v) is 9.33. The summed E-state index contributed by atoms with van der Waals surface area (Å²) < 4.78 is 5.63. The van der Waals surface area contributed by atoms with Crippen molar-refractivity contribution in [2.24, 2.45) is 5.73 Å². The van der Waals surface area contributed by atoms with Gasteiger partial charge >= 0.3 is 0 Å². The van der Waals surface area contributed by atoms with Gasteiger partial charge in [-0.05, 0) is 12.8 Å². The minimum absolute atomic E-state index is 0.160. The van der Waals surface area contributed by atoms with E-state index in [1.807, 2.05) is 0 Å². The van der Waals surface area contributed by atoms with E-state index in [2.05, 4.69) is 4.98 Å². The Morgan fingerprint density at radius 2 is 2.20 bits per heavy atom. The van der Waals surface area contributed by atoms with E-state index in [-0.39, 0.29) is 5.54 Å². The number of hydrogen-bond donors (Lipinski definition) is 1. The first-order valence-corrected chi connectivity index (χ1v) is 5.59. The number of nitrogens with zero attached hydrogens (tertiary/aromatic N) is 1. The van der Waals surface area contributed by atoms with Crippen molar-refractivity contribution in [3.8, 4) is 5.75 Å². The smallest absolute Gasteiger partial charge is 0.141 e. The molecule has 1 heterocycles. The van der Waals surface area contributed by atoms with Crippen molar-refractivity contribution < 1.29 is 4.74 Å². The number of hydrogen-bond acceptors (Lipinski definition) is 3. The lowest BCUT2D eigenvalue weighted by Crippen LogP contribution is -2.42. The lowest BCUT2D eigenvalue weighted by molar-refractivity contribution is 0.220. The normalized spacial score (nSPS) is 19.1. The molecule has 15 heavy (non-hydrogen) atoms. The Morgan fingerprint density at radius 3 is 2.87 bits per heavy atom. The maximum atomic E-state index is 6.17. The van der Waals surface area contributed by atoms with Gasteiger partial charge in [-0.15, -0.1) is 0 Å². The van der Waals surface area contributed by atoms with Crippen LogP contribution in [-0.4, -0.2) is 17.1 Å². The van der Waals surface area contributed by atoms with E-state index in [9.17, 15) is 0 Å². The zero-order valence-electron chi connectivity index (χ0n) is 8.58. The van der Waals surface area contributed by atoms with Gasteiger partial charge in [-0.3, -0.25) is 4.98 Å². The summed E-state index contributed by atoms with van der Waals surface area (Å²) in [6, 6.07) is 1.76. The number of rotatable bonds is 3. The average molecular weight is 227 g/mol. The molecule has 3 nitrogen and oxygen atoms in total. The minimum atomic E-state index is -0.160. The van der Waals surface area contributed by atoms with Gasteiger partial charge in [-0.25, -0.2) is 0 Å². The summed E-state index contributed by atoms with van der Waals surface area (Å²) in [5.74, 6) is 0.670. The number of aromatic nitrogens is 1. The van der Waals surface area contributed by atoms with Crippen molar-refractivity contribution in [2.45, 2.75) is 31.2 Å². The molecule has 0 aliphatic heterocycles. The first kappa shape index (κ1) is 10.7. The fourth-order valence-corrected chi connectivity index (χ4v) is 2.10. The number of nitrogens with two attached hydrogens (primary N) is 1. The Balaban J connectivity index is 1.95. The second kappa shape index (κ2) is 4.37. The van der Waals surface area contributed by atoms with E-state index in [0.29, 0.717) is 17.4 Å². The van der Waals surface area contributed by atoms with E-state index in [4.69, 9.17) is 22.1 Å². The van der Waals surface area contributed by atoms with E-state index in [1.165, 1.54) is 12.8 Å². The molecule has 2 rings (SSSR count). The molecule has 82 valence electrons. The molecule has 2 N–H and O–H groups in total. The second-order valence-corrected chi connectivity index (χ2v) is 4.57. The van der Waals surface area contributed by atoms with Gasteiger partial charge in [-0.1, -0.05) is 24.4 Å². The third-order valence-corrected chi connectivity index (χ3v) is 3.13. The van der Waals surface area contributed by atoms with Crippen LogP contribution < -0.4 is 10.5 Å². The SMILES string of the molecule is NC1(COc2ccncc2Cl)CCCC1. The summed E-state index contributed by atoms with van der Waals surface area (Å²) in [5.41, 5.74) is 6.01. The molecule has 0 bridgehead atoms. The van der Waals surface area contributed by atoms with Crippen LogP contribution in [0.3, 0.4) is 0 Å². The summed E-state index contributed by atoms with van der Waals surface area (Å²) in [4.78, 5) is 3.90. The molecule has 0 unspecified atom stereocenters. The molecule has 0 spiro atoms. The highest BCUT2D eigenvalue weighted by molar-refractivity contribution is 6.31. The van der Waals surface area contributed by atoms with Crippen LogP contribution >= 0.6 is 11.6 Å². The average Bonchev–Trinajstić information content (AvgIpc) is 2.65. The van der Waals surface area contributed by atoms with Crippen LogP contribution in [0.5, 0.6) is 5.75 Å². The molecule has 0 aromatic carbocycles. The number of halogens is 1. The number of pyridine rings is 1. The lowest BCUT2D eigenvalue weighted by atomic mass is 10.0. The van der Waals surface area contributed by atoms with Gasteiger partial charge in [0.15, 0.2) is 0 Å². The zero-order chi connectivity index (χ0) is 10.7. The van der Waals surface area contributed by atoms with Gasteiger partial charge in [0.05, 0.1) is 5.54 Å². The second-order valence-electron chi connectivity index (χ2n) is 4.16. The molecule has 0 atom stereocenters. The molecule has 1 fully saturated rings. The summed E-state index contributed by atoms with van der Waals surface area (Å²) in [7, 11) is 0. The first-order chi connectivity index (χ1) is 7.20. The Bertz CT molecular complexity index is 337. The van der Waals surface area contributed by atoms with Crippen molar-refractivity contribution in [1.82, 2.24) is 4.98 Å². The Morgan fingerprint density at radius 1 is 1.47 bits per heavy atom. The van der Waals surface area contributed by atoms with E-state index in [0.717, 1.165) is 12.8 Å². The lowest BCUT2D eigenvalue weighted by Gasteiger charge is -2.23. The van der Waals surface area contributed by atoms with E-state index in [1.54, 1.807) is 18.5 Å². The van der Waals surface area contributed by atoms with Gasteiger partial charge in [0, 0.05) is 18.5 Å². The van der Waals surface area contributed by atoms with Crippen molar-refractivity contribution >= 4 is 11.6 Å². The van der Waals surface area contributed by atoms with Crippen LogP contribution in [0, 0.1) is 0 Å². The van der Waals surface area contributed by atoms with Crippen LogP contribution in [0.2, 0.25) is 5.02 Å². The van der Waals surface area contributed by atoms with Crippen LogP contribution in [0.15, 0.2) is 18.5 Å². The fourth-order valence-electron chi connectivity index (χ4n) is 1.92. The summed E-state index contributed by atoms with van der Waals surface area (Å²) in [6.07, 6.45) is 7.72. The van der Waals surface area contributed by atoms with Crippen molar-refractivity contribution in [2.75, 3.05) is 6.61 Å². The third kappa shape index (κ3) is 2.61. The quantitative estimate of drug-likeness (QED) is 0.861. The van der Waals surface area contributed by atoms with Crippen LogP contribution in [0.1, 0.15) is 25.7 Å². The van der Waals surface area contributed by atoms with E-state index >= 15 is 0 Å². The molecule has 1 aliphatic carbocycles. The monoisotopic (exact) mass is 226 g/mol. The van der Waals surface area contributed by atoms with Gasteiger partial charge < -0.3 is 10.5 Å². The largest absolute Gasteiger partial charge is 0.490 e. The highest BCUT2D eigenvalue weighted by Gasteiger charge is 2.30. The van der Waals surface area contributed by atoms with Gasteiger partial charge in [-0.2, -0.15) is 0 Å². The maximum Gasteiger partial charge on any atom is 0.141 e. The van der Waals surface area contributed by atoms with Gasteiger partial charge in [0.2, 0.25) is 0 Å². The summed E-state index contributed by atoms with van der Waals surface area (Å²) >= 11 is 5.93. The molecule has 1 aromatic heterocycles. The van der Waals surface area contributed by atoms with Crippen molar-refractivity contribution in [1.29, 1.82) is 0 Å². The van der Waals surface area contributed by atoms with Crippen LogP contribution in [0.25, 0.3) is 0 Å². The van der Waals surface area contributed by atoms with Gasteiger partial charge in [0.1, 0.15) is 17.4 Å². The fraction of sp³-hybridized carbons (Fsp3) is 0.545. The van der Waals surface area contributed by atoms with Crippen LogP contribution in [0.4, 0.5) is 0 Å². The Kier molecular flexibility index (Phi) is 3.12. The minimum Gasteiger partial charge on any atom is -0.490 e. The highest BCUT2D eigenvalue weighted by atomic mass is 35.5. The highest BCUT2D eigenvalue weighted by Crippen LogP contribution is 2.29. The van der Waals surface area contributed by atoms with Crippen molar-refractivity contribution in [3.63, 3.8) is 0 Å². The summed E-state index contributed by atoms with van der Waals surface area (Å²) in [6.45, 7) is 0.538.